The van der Waals surface area contributed by atoms with Gasteiger partial charge >= 0.3 is 0 Å². The SMILES string of the molecule is N#C[C@H](/C=N/NC(=S)N/N=C/[C@@H](C#N)c1ccccc1)c1ccccc1. The fraction of sp³-hybridized carbons (Fsp3) is 0.105. The predicted molar refractivity (Wildman–Crippen MR) is 105 cm³/mol. The summed E-state index contributed by atoms with van der Waals surface area (Å²) in [7, 11) is 0. The highest BCUT2D eigenvalue weighted by Gasteiger charge is 2.07. The van der Waals surface area contributed by atoms with Gasteiger partial charge in [0.2, 0.25) is 5.11 Å². The number of hydrogen-bond acceptors (Lipinski definition) is 5. The second kappa shape index (κ2) is 10.3. The molecule has 0 radical (unpaired) electrons. The highest BCUT2D eigenvalue weighted by Crippen LogP contribution is 2.12. The summed E-state index contributed by atoms with van der Waals surface area (Å²) in [6.45, 7) is 0. The molecule has 0 bridgehead atoms. The maximum Gasteiger partial charge on any atom is 0.207 e. The second-order valence-electron chi connectivity index (χ2n) is 5.14. The van der Waals surface area contributed by atoms with Crippen molar-refractivity contribution in [3.8, 4) is 12.1 Å². The van der Waals surface area contributed by atoms with Crippen molar-refractivity contribution in [1.82, 2.24) is 10.9 Å². The molecule has 0 fully saturated rings. The van der Waals surface area contributed by atoms with Gasteiger partial charge in [-0.3, -0.25) is 10.9 Å². The molecule has 2 rings (SSSR count). The Labute approximate surface area is 157 Å². The van der Waals surface area contributed by atoms with E-state index in [0.717, 1.165) is 11.1 Å². The first-order valence-corrected chi connectivity index (χ1v) is 8.17. The standard InChI is InChI=1S/C19H16N6S/c20-11-17(15-7-3-1-4-8-15)13-22-24-19(26)25-23-14-18(12-21)16-9-5-2-6-10-16/h1-10,13-14,17-18H,(H2,24,25,26)/b22-13+,23-14+/t17-,18-/m1/s1. The van der Waals surface area contributed by atoms with Crippen molar-refractivity contribution in [1.29, 1.82) is 10.5 Å². The summed E-state index contributed by atoms with van der Waals surface area (Å²) in [6, 6.07) is 22.9. The van der Waals surface area contributed by atoms with Crippen LogP contribution in [0, 0.1) is 22.7 Å². The van der Waals surface area contributed by atoms with Crippen LogP contribution in [0.4, 0.5) is 0 Å². The van der Waals surface area contributed by atoms with Crippen molar-refractivity contribution in [2.45, 2.75) is 11.8 Å². The van der Waals surface area contributed by atoms with Crippen LogP contribution in [0.3, 0.4) is 0 Å². The van der Waals surface area contributed by atoms with Gasteiger partial charge < -0.3 is 0 Å². The highest BCUT2D eigenvalue weighted by atomic mass is 32.1. The van der Waals surface area contributed by atoms with E-state index in [1.165, 1.54) is 12.4 Å². The minimum absolute atomic E-state index is 0.159. The molecule has 26 heavy (non-hydrogen) atoms. The van der Waals surface area contributed by atoms with E-state index in [2.05, 4.69) is 33.2 Å². The van der Waals surface area contributed by atoms with E-state index < -0.39 is 11.8 Å². The van der Waals surface area contributed by atoms with E-state index in [4.69, 9.17) is 12.2 Å². The Bertz CT molecular complexity index is 778. The molecule has 2 atom stereocenters. The number of thiocarbonyl (C=S) groups is 1. The largest absolute Gasteiger partial charge is 0.253 e. The molecule has 7 heteroatoms. The maximum absolute atomic E-state index is 9.21. The van der Waals surface area contributed by atoms with E-state index in [1.54, 1.807) is 0 Å². The third-order valence-corrected chi connectivity index (χ3v) is 3.56. The predicted octanol–water partition coefficient (Wildman–Crippen LogP) is 3.04. The van der Waals surface area contributed by atoms with Crippen LogP contribution in [-0.4, -0.2) is 17.5 Å². The van der Waals surface area contributed by atoms with Crippen LogP contribution in [-0.2, 0) is 0 Å². The molecule has 0 aromatic heterocycles. The summed E-state index contributed by atoms with van der Waals surface area (Å²) in [6.07, 6.45) is 2.93. The molecular weight excluding hydrogens is 344 g/mol. The normalized spacial score (nSPS) is 12.8. The molecule has 0 spiro atoms. The summed E-state index contributed by atoms with van der Waals surface area (Å²) >= 11 is 5.05. The molecule has 0 aliphatic carbocycles. The molecule has 0 amide bonds. The van der Waals surface area contributed by atoms with Gasteiger partial charge in [-0.2, -0.15) is 20.7 Å². The van der Waals surface area contributed by atoms with Crippen LogP contribution in [0.25, 0.3) is 0 Å². The van der Waals surface area contributed by atoms with Crippen molar-refractivity contribution in [3.63, 3.8) is 0 Å². The Morgan fingerprint density at radius 3 is 1.54 bits per heavy atom. The zero-order valence-corrected chi connectivity index (χ0v) is 14.6. The van der Waals surface area contributed by atoms with Crippen LogP contribution in [0.15, 0.2) is 70.9 Å². The van der Waals surface area contributed by atoms with E-state index in [1.807, 2.05) is 60.7 Å². The Morgan fingerprint density at radius 1 is 0.808 bits per heavy atom. The molecule has 0 aliphatic heterocycles. The summed E-state index contributed by atoms with van der Waals surface area (Å²) in [4.78, 5) is 0. The first-order chi connectivity index (χ1) is 12.7. The molecule has 0 saturated carbocycles. The van der Waals surface area contributed by atoms with E-state index in [0.29, 0.717) is 0 Å². The third-order valence-electron chi connectivity index (χ3n) is 3.37. The van der Waals surface area contributed by atoms with Crippen molar-refractivity contribution >= 4 is 29.8 Å². The summed E-state index contributed by atoms with van der Waals surface area (Å²) in [5.41, 5.74) is 6.87. The molecule has 0 saturated heterocycles. The second-order valence-corrected chi connectivity index (χ2v) is 5.55. The number of nitrogens with zero attached hydrogens (tertiary/aromatic N) is 4. The van der Waals surface area contributed by atoms with Gasteiger partial charge in [0.1, 0.15) is 11.8 Å². The lowest BCUT2D eigenvalue weighted by Gasteiger charge is -2.05. The minimum Gasteiger partial charge on any atom is -0.253 e. The molecule has 2 aromatic rings. The van der Waals surface area contributed by atoms with Gasteiger partial charge in [0.15, 0.2) is 0 Å². The quantitative estimate of drug-likeness (QED) is 0.469. The Kier molecular flexibility index (Phi) is 7.47. The zero-order chi connectivity index (χ0) is 18.6. The van der Waals surface area contributed by atoms with Crippen molar-refractivity contribution < 1.29 is 0 Å². The molecule has 0 unspecified atom stereocenters. The number of benzene rings is 2. The van der Waals surface area contributed by atoms with Gasteiger partial charge in [0.05, 0.1) is 12.1 Å². The Hall–Kier alpha value is -3.55. The summed E-state index contributed by atoms with van der Waals surface area (Å²) < 4.78 is 0. The van der Waals surface area contributed by atoms with Crippen LogP contribution >= 0.6 is 12.2 Å². The number of nitriles is 2. The van der Waals surface area contributed by atoms with Gasteiger partial charge in [-0.15, -0.1) is 0 Å². The maximum atomic E-state index is 9.21. The van der Waals surface area contributed by atoms with E-state index in [-0.39, 0.29) is 5.11 Å². The van der Waals surface area contributed by atoms with Gasteiger partial charge in [-0.05, 0) is 23.3 Å². The zero-order valence-electron chi connectivity index (χ0n) is 13.8. The van der Waals surface area contributed by atoms with E-state index >= 15 is 0 Å². The fourth-order valence-corrected chi connectivity index (χ4v) is 2.18. The molecule has 6 nitrogen and oxygen atoms in total. The van der Waals surface area contributed by atoms with Crippen molar-refractivity contribution in [2.75, 3.05) is 0 Å². The van der Waals surface area contributed by atoms with Crippen molar-refractivity contribution in [2.24, 2.45) is 10.2 Å². The van der Waals surface area contributed by atoms with Gasteiger partial charge in [0.25, 0.3) is 0 Å². The van der Waals surface area contributed by atoms with Crippen LogP contribution < -0.4 is 10.9 Å². The van der Waals surface area contributed by atoms with Gasteiger partial charge in [-0.1, -0.05) is 60.7 Å². The van der Waals surface area contributed by atoms with Crippen LogP contribution in [0.5, 0.6) is 0 Å². The molecule has 2 aromatic carbocycles. The van der Waals surface area contributed by atoms with Crippen molar-refractivity contribution in [3.05, 3.63) is 71.8 Å². The average Bonchev–Trinajstić information content (AvgIpc) is 2.70. The lowest BCUT2D eigenvalue weighted by atomic mass is 10.0. The fourth-order valence-electron chi connectivity index (χ4n) is 2.07. The lowest BCUT2D eigenvalue weighted by Crippen LogP contribution is -2.28. The van der Waals surface area contributed by atoms with E-state index in [9.17, 15) is 10.5 Å². The smallest absolute Gasteiger partial charge is 0.207 e. The Balaban J connectivity index is 1.85. The third kappa shape index (κ3) is 5.82. The molecule has 2 N–H and O–H groups in total. The number of nitrogens with one attached hydrogen (secondary N) is 2. The molecule has 0 heterocycles. The molecule has 0 aliphatic rings. The molecular formula is C19H16N6S. The first kappa shape index (κ1) is 18.8. The molecule has 128 valence electrons. The van der Waals surface area contributed by atoms with Gasteiger partial charge in [0, 0.05) is 12.4 Å². The number of rotatable bonds is 6. The van der Waals surface area contributed by atoms with Gasteiger partial charge in [-0.25, -0.2) is 0 Å². The minimum atomic E-state index is -0.476. The average molecular weight is 360 g/mol. The summed E-state index contributed by atoms with van der Waals surface area (Å²) in [5, 5.41) is 26.5. The Morgan fingerprint density at radius 2 is 1.19 bits per heavy atom. The number of hydrogen-bond donors (Lipinski definition) is 2. The lowest BCUT2D eigenvalue weighted by molar-refractivity contribution is 0.921. The topological polar surface area (TPSA) is 96.4 Å². The summed E-state index contributed by atoms with van der Waals surface area (Å²) in [5.74, 6) is -0.952. The monoisotopic (exact) mass is 360 g/mol. The number of hydrazone groups is 2. The first-order valence-electron chi connectivity index (χ1n) is 7.76. The van der Waals surface area contributed by atoms with Crippen LogP contribution in [0.2, 0.25) is 0 Å². The van der Waals surface area contributed by atoms with Crippen LogP contribution in [0.1, 0.15) is 23.0 Å². The highest BCUT2D eigenvalue weighted by molar-refractivity contribution is 7.80.